The number of carbonyl (C=O) groups is 2. The first-order valence-electron chi connectivity index (χ1n) is 7.93. The molecule has 1 aromatic carbocycles. The largest absolute Gasteiger partial charge is 0.416 e. The number of halogens is 3. The first-order valence-corrected chi connectivity index (χ1v) is 7.93. The molecule has 6 heteroatoms. The van der Waals surface area contributed by atoms with Crippen molar-refractivity contribution in [3.05, 3.63) is 29.8 Å². The Labute approximate surface area is 130 Å². The molecule has 0 unspecified atom stereocenters. The summed E-state index contributed by atoms with van der Waals surface area (Å²) in [5, 5.41) is 0. The van der Waals surface area contributed by atoms with Crippen molar-refractivity contribution < 1.29 is 22.8 Å². The number of hydrogen-bond acceptors (Lipinski definition) is 2. The topological polar surface area (TPSA) is 37.4 Å². The SMILES string of the molecule is O=C1[C@@H]2[C@H]3C[C@H]([C@H]4C[C@H]43)[C@@H]2C(=O)N1c1cccc(C(F)(F)F)c1. The highest BCUT2D eigenvalue weighted by atomic mass is 19.4. The van der Waals surface area contributed by atoms with Crippen LogP contribution in [0, 0.1) is 35.5 Å². The Balaban J connectivity index is 1.53. The molecule has 6 atom stereocenters. The Morgan fingerprint density at radius 3 is 2.04 bits per heavy atom. The van der Waals surface area contributed by atoms with Crippen molar-refractivity contribution in [1.82, 2.24) is 0 Å². The van der Waals surface area contributed by atoms with Crippen LogP contribution in [0.25, 0.3) is 0 Å². The van der Waals surface area contributed by atoms with Crippen molar-refractivity contribution in [1.29, 1.82) is 0 Å². The quantitative estimate of drug-likeness (QED) is 0.746. The van der Waals surface area contributed by atoms with Crippen LogP contribution in [-0.4, -0.2) is 11.8 Å². The maximum Gasteiger partial charge on any atom is 0.416 e. The molecule has 23 heavy (non-hydrogen) atoms. The molecule has 3 saturated carbocycles. The van der Waals surface area contributed by atoms with E-state index in [4.69, 9.17) is 0 Å². The Morgan fingerprint density at radius 2 is 1.48 bits per heavy atom. The summed E-state index contributed by atoms with van der Waals surface area (Å²) in [4.78, 5) is 26.5. The van der Waals surface area contributed by atoms with Crippen LogP contribution >= 0.6 is 0 Å². The minimum Gasteiger partial charge on any atom is -0.274 e. The van der Waals surface area contributed by atoms with Gasteiger partial charge in [-0.25, -0.2) is 0 Å². The van der Waals surface area contributed by atoms with Crippen molar-refractivity contribution in [2.24, 2.45) is 35.5 Å². The molecule has 0 N–H and O–H groups in total. The molecule has 1 aliphatic heterocycles. The van der Waals surface area contributed by atoms with Crippen molar-refractivity contribution in [2.75, 3.05) is 4.90 Å². The van der Waals surface area contributed by atoms with E-state index in [2.05, 4.69) is 0 Å². The molecule has 4 aliphatic rings. The minimum atomic E-state index is -4.49. The molecule has 1 heterocycles. The zero-order valence-electron chi connectivity index (χ0n) is 12.1. The number of fused-ring (bicyclic) bond motifs is 8. The van der Waals surface area contributed by atoms with Gasteiger partial charge in [-0.15, -0.1) is 0 Å². The van der Waals surface area contributed by atoms with E-state index in [0.29, 0.717) is 11.8 Å². The average Bonchev–Trinajstić information content (AvgIpc) is 3.01. The van der Waals surface area contributed by atoms with Gasteiger partial charge in [0.2, 0.25) is 11.8 Å². The van der Waals surface area contributed by atoms with Crippen LogP contribution in [0.5, 0.6) is 0 Å². The Bertz CT molecular complexity index is 712. The summed E-state index contributed by atoms with van der Waals surface area (Å²) in [5.41, 5.74) is -0.782. The molecule has 2 amide bonds. The van der Waals surface area contributed by atoms with E-state index < -0.39 is 11.7 Å². The zero-order chi connectivity index (χ0) is 16.1. The van der Waals surface area contributed by atoms with Crippen molar-refractivity contribution >= 4 is 17.5 Å². The number of carbonyl (C=O) groups excluding carboxylic acids is 2. The maximum atomic E-state index is 12.9. The number of anilines is 1. The van der Waals surface area contributed by atoms with E-state index in [1.54, 1.807) is 0 Å². The number of rotatable bonds is 1. The monoisotopic (exact) mass is 321 g/mol. The first kappa shape index (κ1) is 13.6. The zero-order valence-corrected chi connectivity index (χ0v) is 12.1. The van der Waals surface area contributed by atoms with Gasteiger partial charge in [0.05, 0.1) is 23.1 Å². The van der Waals surface area contributed by atoms with Gasteiger partial charge in [-0.3, -0.25) is 14.5 Å². The highest BCUT2D eigenvalue weighted by molar-refractivity contribution is 6.22. The van der Waals surface area contributed by atoms with Crippen LogP contribution in [0.2, 0.25) is 0 Å². The van der Waals surface area contributed by atoms with Gasteiger partial charge in [0.15, 0.2) is 0 Å². The molecule has 0 aromatic heterocycles. The molecule has 3 aliphatic carbocycles. The summed E-state index contributed by atoms with van der Waals surface area (Å²) in [6, 6.07) is 4.52. The maximum absolute atomic E-state index is 12.9. The number of alkyl halides is 3. The van der Waals surface area contributed by atoms with Gasteiger partial charge in [-0.05, 0) is 54.7 Å². The van der Waals surface area contributed by atoms with Crippen LogP contribution in [0.3, 0.4) is 0 Å². The van der Waals surface area contributed by atoms with E-state index >= 15 is 0 Å². The van der Waals surface area contributed by atoms with Crippen LogP contribution in [-0.2, 0) is 15.8 Å². The van der Waals surface area contributed by atoms with E-state index in [1.807, 2.05) is 0 Å². The van der Waals surface area contributed by atoms with Crippen molar-refractivity contribution in [2.45, 2.75) is 19.0 Å². The summed E-state index contributed by atoms with van der Waals surface area (Å²) < 4.78 is 38.6. The van der Waals surface area contributed by atoms with Gasteiger partial charge >= 0.3 is 6.18 Å². The Morgan fingerprint density at radius 1 is 0.913 bits per heavy atom. The van der Waals surface area contributed by atoms with Crippen LogP contribution in [0.15, 0.2) is 24.3 Å². The Kier molecular flexibility index (Phi) is 2.34. The lowest BCUT2D eigenvalue weighted by atomic mass is 9.81. The molecule has 1 aromatic rings. The molecule has 2 bridgehead atoms. The van der Waals surface area contributed by atoms with E-state index in [1.165, 1.54) is 12.1 Å². The normalized spacial score (nSPS) is 40.6. The molecule has 4 fully saturated rings. The van der Waals surface area contributed by atoms with E-state index in [9.17, 15) is 22.8 Å². The molecule has 0 radical (unpaired) electrons. The smallest absolute Gasteiger partial charge is 0.274 e. The fraction of sp³-hybridized carbons (Fsp3) is 0.529. The third kappa shape index (κ3) is 1.61. The molecule has 1 saturated heterocycles. The number of hydrogen-bond donors (Lipinski definition) is 0. The van der Waals surface area contributed by atoms with Gasteiger partial charge in [-0.1, -0.05) is 6.07 Å². The minimum absolute atomic E-state index is 0.0531. The van der Waals surface area contributed by atoms with Crippen LogP contribution in [0.1, 0.15) is 18.4 Å². The predicted octanol–water partition coefficient (Wildman–Crippen LogP) is 3.10. The molecule has 3 nitrogen and oxygen atoms in total. The molecule has 5 rings (SSSR count). The number of benzene rings is 1. The van der Waals surface area contributed by atoms with Crippen molar-refractivity contribution in [3.8, 4) is 0 Å². The standard InChI is InChI=1S/C17H14F3NO2/c18-17(19,20)7-2-1-3-8(4-7)21-15(22)13-11-6-12(10-5-9(10)11)14(13)16(21)23/h1-4,9-14H,5-6H2/t9-,10+,11+,12-,13-,14+. The molecule has 0 spiro atoms. The summed E-state index contributed by atoms with van der Waals surface area (Å²) in [5.74, 6) is 0.481. The second-order valence-electron chi connectivity index (χ2n) is 7.24. The molecule has 120 valence electrons. The molecular formula is C17H14F3NO2. The van der Waals surface area contributed by atoms with E-state index in [0.717, 1.165) is 29.9 Å². The first-order chi connectivity index (χ1) is 10.9. The van der Waals surface area contributed by atoms with Gasteiger partial charge in [0.25, 0.3) is 0 Å². The van der Waals surface area contributed by atoms with Crippen LogP contribution < -0.4 is 4.90 Å². The summed E-state index contributed by atoms with van der Waals surface area (Å²) in [6.45, 7) is 0. The average molecular weight is 321 g/mol. The van der Waals surface area contributed by atoms with E-state index in [-0.39, 0.29) is 41.2 Å². The predicted molar refractivity (Wildman–Crippen MR) is 74.1 cm³/mol. The number of imide groups is 1. The van der Waals surface area contributed by atoms with Gasteiger partial charge in [-0.2, -0.15) is 13.2 Å². The lowest BCUT2D eigenvalue weighted by molar-refractivity contribution is -0.137. The van der Waals surface area contributed by atoms with Gasteiger partial charge < -0.3 is 0 Å². The highest BCUT2D eigenvalue weighted by Crippen LogP contribution is 2.71. The second kappa shape index (κ2) is 3.97. The summed E-state index contributed by atoms with van der Waals surface area (Å²) in [7, 11) is 0. The highest BCUT2D eigenvalue weighted by Gasteiger charge is 2.72. The molecular weight excluding hydrogens is 307 g/mol. The lowest BCUT2D eigenvalue weighted by Crippen LogP contribution is -2.33. The lowest BCUT2D eigenvalue weighted by Gasteiger charge is -2.19. The fourth-order valence-corrected chi connectivity index (χ4v) is 5.40. The Hall–Kier alpha value is -1.85. The third-order valence-corrected chi connectivity index (χ3v) is 6.29. The number of nitrogens with zero attached hydrogens (tertiary/aromatic N) is 1. The summed E-state index contributed by atoms with van der Waals surface area (Å²) >= 11 is 0. The number of amides is 2. The van der Waals surface area contributed by atoms with Crippen LogP contribution in [0.4, 0.5) is 18.9 Å². The van der Waals surface area contributed by atoms with Gasteiger partial charge in [0, 0.05) is 0 Å². The van der Waals surface area contributed by atoms with Gasteiger partial charge in [0.1, 0.15) is 0 Å². The van der Waals surface area contributed by atoms with Crippen molar-refractivity contribution in [3.63, 3.8) is 0 Å². The third-order valence-electron chi connectivity index (χ3n) is 6.29. The second-order valence-corrected chi connectivity index (χ2v) is 7.24. The fourth-order valence-electron chi connectivity index (χ4n) is 5.40. The summed E-state index contributed by atoms with van der Waals surface area (Å²) in [6.07, 6.45) is -2.43.